The normalized spacial score (nSPS) is 16.9. The lowest BCUT2D eigenvalue weighted by molar-refractivity contribution is 0.102. The van der Waals surface area contributed by atoms with Crippen LogP contribution in [0.1, 0.15) is 24.2 Å². The van der Waals surface area contributed by atoms with Gasteiger partial charge < -0.3 is 0 Å². The van der Waals surface area contributed by atoms with Crippen molar-refractivity contribution in [2.24, 2.45) is 0 Å². The highest BCUT2D eigenvalue weighted by molar-refractivity contribution is 7.92. The molecule has 0 fully saturated rings. The summed E-state index contributed by atoms with van der Waals surface area (Å²) in [6.45, 7) is 4.00. The van der Waals surface area contributed by atoms with E-state index >= 15 is 0 Å². The number of ketones is 1. The van der Waals surface area contributed by atoms with E-state index in [1.807, 2.05) is 13.8 Å². The van der Waals surface area contributed by atoms with Crippen LogP contribution >= 0.6 is 0 Å². The van der Waals surface area contributed by atoms with Gasteiger partial charge in [-0.2, -0.15) is 0 Å². The highest BCUT2D eigenvalue weighted by atomic mass is 32.2. The van der Waals surface area contributed by atoms with Crippen LogP contribution in [0.25, 0.3) is 0 Å². The molecule has 1 aromatic carbocycles. The van der Waals surface area contributed by atoms with Crippen LogP contribution in [0, 0.1) is 0 Å². The lowest BCUT2D eigenvalue weighted by Gasteiger charge is -1.92. The second-order valence-corrected chi connectivity index (χ2v) is 4.64. The third-order valence-electron chi connectivity index (χ3n) is 1.84. The minimum absolute atomic E-state index is 0.176. The van der Waals surface area contributed by atoms with Gasteiger partial charge in [0.15, 0.2) is 15.6 Å². The first-order valence-corrected chi connectivity index (χ1v) is 6.11. The van der Waals surface area contributed by atoms with Crippen molar-refractivity contribution in [1.29, 1.82) is 0 Å². The summed E-state index contributed by atoms with van der Waals surface area (Å²) >= 11 is 0. The zero-order valence-corrected chi connectivity index (χ0v) is 8.97. The molecule has 0 saturated heterocycles. The van der Waals surface area contributed by atoms with Crippen LogP contribution in [-0.4, -0.2) is 20.0 Å². The summed E-state index contributed by atoms with van der Waals surface area (Å²) in [4.78, 5) is 11.3. The summed E-state index contributed by atoms with van der Waals surface area (Å²) in [7, 11) is -3.30. The Morgan fingerprint density at radius 1 is 1.14 bits per heavy atom. The molecule has 2 rings (SSSR count). The average molecular weight is 212 g/mol. The minimum Gasteiger partial charge on any atom is -0.293 e. The number of carbonyl (C=O) groups is 1. The van der Waals surface area contributed by atoms with Gasteiger partial charge in [-0.15, -0.1) is 0 Å². The Morgan fingerprint density at radius 2 is 1.71 bits per heavy atom. The molecule has 0 spiro atoms. The number of Topliss-reactive ketones (excluding diaryl/α,β-unsaturated/α-hetero) is 1. The number of hydrogen-bond acceptors (Lipinski definition) is 3. The molecule has 0 saturated carbocycles. The highest BCUT2D eigenvalue weighted by Crippen LogP contribution is 2.24. The molecule has 1 aliphatic rings. The van der Waals surface area contributed by atoms with E-state index in [1.54, 1.807) is 18.2 Å². The van der Waals surface area contributed by atoms with Gasteiger partial charge in [0.05, 0.1) is 4.90 Å². The van der Waals surface area contributed by atoms with Crippen molar-refractivity contribution >= 4 is 15.6 Å². The van der Waals surface area contributed by atoms with Crippen LogP contribution in [0.4, 0.5) is 0 Å². The molecular formula is C10H12O3S. The smallest absolute Gasteiger partial charge is 0.186 e. The van der Waals surface area contributed by atoms with Gasteiger partial charge in [-0.3, -0.25) is 4.79 Å². The fourth-order valence-electron chi connectivity index (χ4n) is 1.30. The van der Waals surface area contributed by atoms with Gasteiger partial charge in [-0.1, -0.05) is 32.0 Å². The molecule has 14 heavy (non-hydrogen) atoms. The van der Waals surface area contributed by atoms with Crippen LogP contribution in [0.2, 0.25) is 0 Å². The summed E-state index contributed by atoms with van der Waals surface area (Å²) in [5.41, 5.74) is 0.331. The first kappa shape index (κ1) is 10.9. The SMILES string of the molecule is CC.O=C1CS(=O)(=O)c2ccccc21. The van der Waals surface area contributed by atoms with Crippen LogP contribution in [0.5, 0.6) is 0 Å². The second kappa shape index (κ2) is 3.92. The number of rotatable bonds is 0. The van der Waals surface area contributed by atoms with E-state index in [0.717, 1.165) is 0 Å². The van der Waals surface area contributed by atoms with Crippen molar-refractivity contribution in [1.82, 2.24) is 0 Å². The molecule has 0 N–H and O–H groups in total. The third-order valence-corrected chi connectivity index (χ3v) is 3.51. The fraction of sp³-hybridized carbons (Fsp3) is 0.300. The maximum Gasteiger partial charge on any atom is 0.186 e. The molecule has 4 heteroatoms. The summed E-state index contributed by atoms with van der Waals surface area (Å²) in [5.74, 6) is -0.669. The van der Waals surface area contributed by atoms with Crippen molar-refractivity contribution < 1.29 is 13.2 Å². The summed E-state index contributed by atoms with van der Waals surface area (Å²) in [6.07, 6.45) is 0. The monoisotopic (exact) mass is 212 g/mol. The van der Waals surface area contributed by atoms with Crippen molar-refractivity contribution in [3.05, 3.63) is 29.8 Å². The molecule has 0 aliphatic carbocycles. The van der Waals surface area contributed by atoms with Crippen LogP contribution in [-0.2, 0) is 9.84 Å². The maximum atomic E-state index is 11.2. The first-order valence-electron chi connectivity index (χ1n) is 4.46. The fourth-order valence-corrected chi connectivity index (χ4v) is 2.76. The number of hydrogen-bond donors (Lipinski definition) is 0. The van der Waals surface area contributed by atoms with Crippen LogP contribution < -0.4 is 0 Å². The molecule has 3 nitrogen and oxygen atoms in total. The van der Waals surface area contributed by atoms with E-state index in [1.165, 1.54) is 6.07 Å². The van der Waals surface area contributed by atoms with Crippen molar-refractivity contribution in [3.63, 3.8) is 0 Å². The number of fused-ring (bicyclic) bond motifs is 1. The Kier molecular flexibility index (Phi) is 3.06. The number of carbonyl (C=O) groups excluding carboxylic acids is 1. The molecule has 0 aromatic heterocycles. The Morgan fingerprint density at radius 3 is 2.29 bits per heavy atom. The number of benzene rings is 1. The van der Waals surface area contributed by atoms with Crippen LogP contribution in [0.15, 0.2) is 29.2 Å². The Hall–Kier alpha value is -1.16. The summed E-state index contributed by atoms with van der Waals surface area (Å²) in [6, 6.07) is 6.30. The molecule has 1 aromatic rings. The molecule has 76 valence electrons. The van der Waals surface area contributed by atoms with Gasteiger partial charge in [0, 0.05) is 5.56 Å². The lowest BCUT2D eigenvalue weighted by atomic mass is 10.2. The van der Waals surface area contributed by atoms with Gasteiger partial charge >= 0.3 is 0 Å². The molecule has 0 bridgehead atoms. The molecule has 1 aliphatic heterocycles. The van der Waals surface area contributed by atoms with E-state index in [0.29, 0.717) is 5.56 Å². The molecule has 0 radical (unpaired) electrons. The van der Waals surface area contributed by atoms with Gasteiger partial charge in [-0.25, -0.2) is 8.42 Å². The molecule has 1 heterocycles. The summed E-state index contributed by atoms with van der Waals surface area (Å²) < 4.78 is 22.5. The molecular weight excluding hydrogens is 200 g/mol. The van der Waals surface area contributed by atoms with Crippen molar-refractivity contribution in [3.8, 4) is 0 Å². The highest BCUT2D eigenvalue weighted by Gasteiger charge is 2.32. The van der Waals surface area contributed by atoms with Gasteiger partial charge in [0.25, 0.3) is 0 Å². The zero-order chi connectivity index (χ0) is 10.8. The third kappa shape index (κ3) is 1.70. The Labute approximate surface area is 83.7 Å². The Bertz CT molecular complexity index is 446. The van der Waals surface area contributed by atoms with Crippen LogP contribution in [0.3, 0.4) is 0 Å². The van der Waals surface area contributed by atoms with E-state index in [4.69, 9.17) is 0 Å². The van der Waals surface area contributed by atoms with E-state index in [2.05, 4.69) is 0 Å². The first-order chi connectivity index (χ1) is 6.61. The number of sulfone groups is 1. The quantitative estimate of drug-likeness (QED) is 0.657. The zero-order valence-electron chi connectivity index (χ0n) is 8.15. The predicted molar refractivity (Wildman–Crippen MR) is 54.2 cm³/mol. The Balaban J connectivity index is 0.000000461. The minimum atomic E-state index is -3.30. The topological polar surface area (TPSA) is 51.2 Å². The second-order valence-electron chi connectivity index (χ2n) is 2.68. The van der Waals surface area contributed by atoms with E-state index < -0.39 is 9.84 Å². The van der Waals surface area contributed by atoms with Gasteiger partial charge in [0.2, 0.25) is 0 Å². The molecule has 0 amide bonds. The lowest BCUT2D eigenvalue weighted by Crippen LogP contribution is -2.03. The average Bonchev–Trinajstić information content (AvgIpc) is 2.42. The maximum absolute atomic E-state index is 11.2. The molecule has 0 atom stereocenters. The van der Waals surface area contributed by atoms with Gasteiger partial charge in [0.1, 0.15) is 5.75 Å². The van der Waals surface area contributed by atoms with Crippen molar-refractivity contribution in [2.45, 2.75) is 18.7 Å². The van der Waals surface area contributed by atoms with Crippen molar-refractivity contribution in [2.75, 3.05) is 5.75 Å². The molecule has 0 unspecified atom stereocenters. The standard InChI is InChI=1S/C8H6O3S.C2H6/c9-7-5-12(10,11)8-4-2-1-3-6(7)8;1-2/h1-4H,5H2;1-2H3. The predicted octanol–water partition coefficient (Wildman–Crippen LogP) is 1.68. The largest absolute Gasteiger partial charge is 0.293 e. The van der Waals surface area contributed by atoms with E-state index in [-0.39, 0.29) is 16.4 Å². The van der Waals surface area contributed by atoms with E-state index in [9.17, 15) is 13.2 Å². The van der Waals surface area contributed by atoms with Gasteiger partial charge in [-0.05, 0) is 6.07 Å². The summed E-state index contributed by atoms with van der Waals surface area (Å²) in [5, 5.41) is 0.